The molecule has 1 amide bonds. The number of aliphatic hydroxyl groups is 2. The van der Waals surface area contributed by atoms with E-state index in [9.17, 15) is 19.8 Å². The summed E-state index contributed by atoms with van der Waals surface area (Å²) in [6.45, 7) is 4.99. The van der Waals surface area contributed by atoms with Crippen LogP contribution in [0.5, 0.6) is 0 Å². The van der Waals surface area contributed by atoms with Gasteiger partial charge in [-0.3, -0.25) is 9.59 Å². The van der Waals surface area contributed by atoms with Crippen molar-refractivity contribution in [3.8, 4) is 0 Å². The summed E-state index contributed by atoms with van der Waals surface area (Å²) in [7, 11) is 0. The third kappa shape index (κ3) is 59.7. The van der Waals surface area contributed by atoms with Gasteiger partial charge in [-0.05, 0) is 51.4 Å². The van der Waals surface area contributed by atoms with Crippen molar-refractivity contribution in [1.29, 1.82) is 0 Å². The molecule has 73 heavy (non-hydrogen) atoms. The minimum atomic E-state index is -0.667. The SMILES string of the molecule is CCCCCCCCCCCCCCCCCCCCCCC(O)C(CO)NC(=O)CCCCCCCCCC/C=C\CCCCCCCCCCCCCCOC(=O)CCCCCCCCCCCCCC. The number of ether oxygens (including phenoxy) is 1. The van der Waals surface area contributed by atoms with Gasteiger partial charge in [0.1, 0.15) is 0 Å². The first-order valence-corrected chi connectivity index (χ1v) is 33.4. The Labute approximate surface area is 457 Å². The zero-order chi connectivity index (χ0) is 52.9. The molecule has 0 spiro atoms. The number of unbranched alkanes of at least 4 members (excludes halogenated alkanes) is 50. The highest BCUT2D eigenvalue weighted by Crippen LogP contribution is 2.19. The maximum absolute atomic E-state index is 12.5. The molecule has 434 valence electrons. The first-order valence-electron chi connectivity index (χ1n) is 33.4. The van der Waals surface area contributed by atoms with Gasteiger partial charge in [0.05, 0.1) is 25.4 Å². The normalized spacial score (nSPS) is 12.5. The quantitative estimate of drug-likeness (QED) is 0.0320. The van der Waals surface area contributed by atoms with Gasteiger partial charge >= 0.3 is 5.97 Å². The van der Waals surface area contributed by atoms with Crippen molar-refractivity contribution in [2.45, 2.75) is 392 Å². The van der Waals surface area contributed by atoms with Crippen LogP contribution in [0.15, 0.2) is 12.2 Å². The van der Waals surface area contributed by atoms with Crippen molar-refractivity contribution in [2.24, 2.45) is 0 Å². The highest BCUT2D eigenvalue weighted by atomic mass is 16.5. The van der Waals surface area contributed by atoms with E-state index >= 15 is 0 Å². The van der Waals surface area contributed by atoms with Gasteiger partial charge < -0.3 is 20.3 Å². The fourth-order valence-corrected chi connectivity index (χ4v) is 10.7. The number of carbonyl (C=O) groups is 2. The van der Waals surface area contributed by atoms with E-state index in [1.807, 2.05) is 0 Å². The molecule has 0 saturated heterocycles. The molecule has 3 N–H and O–H groups in total. The van der Waals surface area contributed by atoms with Crippen molar-refractivity contribution >= 4 is 11.9 Å². The minimum Gasteiger partial charge on any atom is -0.466 e. The van der Waals surface area contributed by atoms with Gasteiger partial charge in [-0.15, -0.1) is 0 Å². The van der Waals surface area contributed by atoms with Crippen molar-refractivity contribution < 1.29 is 24.5 Å². The van der Waals surface area contributed by atoms with Gasteiger partial charge in [0, 0.05) is 12.8 Å². The first kappa shape index (κ1) is 71.6. The standard InChI is InChI=1S/C67H131NO5/c1-3-5-7-9-11-13-15-17-18-19-20-27-30-33-36-39-43-47-51-55-59-65(70)64(63-69)68-66(71)60-56-52-48-44-40-37-34-31-28-25-23-21-22-24-26-29-32-35-38-42-46-50-54-58-62-73-67(72)61-57-53-49-45-41-16-14-12-10-8-6-4-2/h23,25,64-65,69-70H,3-22,24,26-63H2,1-2H3,(H,68,71)/b25-23-. The van der Waals surface area contributed by atoms with Crippen LogP contribution < -0.4 is 5.32 Å². The Morgan fingerprint density at radius 3 is 0.973 bits per heavy atom. The fourth-order valence-electron chi connectivity index (χ4n) is 10.7. The molecule has 2 atom stereocenters. The molecule has 0 saturated carbocycles. The van der Waals surface area contributed by atoms with Gasteiger partial charge in [0.25, 0.3) is 0 Å². The van der Waals surface area contributed by atoms with Crippen LogP contribution in [-0.4, -0.2) is 47.4 Å². The molecule has 0 bridgehead atoms. The van der Waals surface area contributed by atoms with Crippen LogP contribution in [0, 0.1) is 0 Å². The predicted octanol–water partition coefficient (Wildman–Crippen LogP) is 21.2. The molecule has 0 aliphatic heterocycles. The third-order valence-corrected chi connectivity index (χ3v) is 15.8. The maximum atomic E-state index is 12.5. The number of rotatable bonds is 63. The second-order valence-corrected chi connectivity index (χ2v) is 23.2. The van der Waals surface area contributed by atoms with E-state index in [1.165, 1.54) is 308 Å². The number of nitrogens with one attached hydrogen (secondary N) is 1. The van der Waals surface area contributed by atoms with Crippen LogP contribution in [0.1, 0.15) is 380 Å². The number of carbonyl (C=O) groups excluding carboxylic acids is 2. The lowest BCUT2D eigenvalue weighted by Crippen LogP contribution is -2.45. The van der Waals surface area contributed by atoms with E-state index in [4.69, 9.17) is 4.74 Å². The predicted molar refractivity (Wildman–Crippen MR) is 320 cm³/mol. The molecule has 0 aromatic heterocycles. The smallest absolute Gasteiger partial charge is 0.305 e. The molecule has 6 heteroatoms. The molecular formula is C67H131NO5. The highest BCUT2D eigenvalue weighted by molar-refractivity contribution is 5.76. The summed E-state index contributed by atoms with van der Waals surface area (Å²) < 4.78 is 5.48. The topological polar surface area (TPSA) is 95.9 Å². The number of allylic oxidation sites excluding steroid dienone is 2. The Morgan fingerprint density at radius 2 is 0.644 bits per heavy atom. The van der Waals surface area contributed by atoms with Crippen LogP contribution in [0.25, 0.3) is 0 Å². The number of hydrogen-bond donors (Lipinski definition) is 3. The summed E-state index contributed by atoms with van der Waals surface area (Å²) in [5.41, 5.74) is 0. The van der Waals surface area contributed by atoms with Crippen LogP contribution >= 0.6 is 0 Å². The molecule has 0 rings (SSSR count). The summed E-state index contributed by atoms with van der Waals surface area (Å²) in [5.74, 6) is -0.0211. The molecule has 0 aromatic carbocycles. The molecule has 0 radical (unpaired) electrons. The fraction of sp³-hybridized carbons (Fsp3) is 0.940. The molecule has 2 unspecified atom stereocenters. The van der Waals surface area contributed by atoms with E-state index in [1.54, 1.807) is 0 Å². The summed E-state index contributed by atoms with van der Waals surface area (Å²) >= 11 is 0. The number of amides is 1. The van der Waals surface area contributed by atoms with Crippen molar-refractivity contribution in [3.05, 3.63) is 12.2 Å². The number of esters is 1. The van der Waals surface area contributed by atoms with E-state index in [-0.39, 0.29) is 18.5 Å². The van der Waals surface area contributed by atoms with Gasteiger partial charge in [0.2, 0.25) is 5.91 Å². The molecule has 6 nitrogen and oxygen atoms in total. The van der Waals surface area contributed by atoms with E-state index in [0.29, 0.717) is 25.9 Å². The lowest BCUT2D eigenvalue weighted by Gasteiger charge is -2.22. The molecular weight excluding hydrogens is 899 g/mol. The third-order valence-electron chi connectivity index (χ3n) is 15.8. The second kappa shape index (κ2) is 63.1. The minimum absolute atomic E-state index is 0.0141. The van der Waals surface area contributed by atoms with Crippen LogP contribution in [-0.2, 0) is 14.3 Å². The average molecular weight is 1030 g/mol. The summed E-state index contributed by atoms with van der Waals surface area (Å²) in [4.78, 5) is 24.6. The van der Waals surface area contributed by atoms with Crippen LogP contribution in [0.4, 0.5) is 0 Å². The summed E-state index contributed by atoms with van der Waals surface area (Å²) in [6.07, 6.45) is 76.7. The van der Waals surface area contributed by atoms with Crippen molar-refractivity contribution in [1.82, 2.24) is 5.32 Å². The summed E-state index contributed by atoms with van der Waals surface area (Å²) in [6, 6.07) is -0.545. The van der Waals surface area contributed by atoms with Gasteiger partial charge in [-0.2, -0.15) is 0 Å². The van der Waals surface area contributed by atoms with E-state index in [0.717, 1.165) is 38.5 Å². The van der Waals surface area contributed by atoms with E-state index < -0.39 is 12.1 Å². The zero-order valence-electron chi connectivity index (χ0n) is 49.6. The Kier molecular flexibility index (Phi) is 61.9. The summed E-state index contributed by atoms with van der Waals surface area (Å²) in [5, 5.41) is 23.4. The van der Waals surface area contributed by atoms with Gasteiger partial charge in [-0.1, -0.05) is 328 Å². The van der Waals surface area contributed by atoms with Gasteiger partial charge in [-0.25, -0.2) is 0 Å². The Bertz CT molecular complexity index is 1100. The van der Waals surface area contributed by atoms with Crippen molar-refractivity contribution in [3.63, 3.8) is 0 Å². The molecule has 0 aromatic rings. The maximum Gasteiger partial charge on any atom is 0.305 e. The lowest BCUT2D eigenvalue weighted by atomic mass is 10.0. The average Bonchev–Trinajstić information content (AvgIpc) is 3.39. The second-order valence-electron chi connectivity index (χ2n) is 23.2. The van der Waals surface area contributed by atoms with E-state index in [2.05, 4.69) is 31.3 Å². The first-order chi connectivity index (χ1) is 36.0. The van der Waals surface area contributed by atoms with Crippen molar-refractivity contribution in [2.75, 3.05) is 13.2 Å². The monoisotopic (exact) mass is 1030 g/mol. The molecule has 0 heterocycles. The Hall–Kier alpha value is -1.40. The number of hydrogen-bond acceptors (Lipinski definition) is 5. The largest absolute Gasteiger partial charge is 0.466 e. The van der Waals surface area contributed by atoms with Gasteiger partial charge in [0.15, 0.2) is 0 Å². The molecule has 0 aliphatic rings. The lowest BCUT2D eigenvalue weighted by molar-refractivity contribution is -0.143. The highest BCUT2D eigenvalue weighted by Gasteiger charge is 2.20. The molecule has 0 aliphatic carbocycles. The Morgan fingerprint density at radius 1 is 0.370 bits per heavy atom. The zero-order valence-corrected chi connectivity index (χ0v) is 49.6. The van der Waals surface area contributed by atoms with Crippen LogP contribution in [0.2, 0.25) is 0 Å². The molecule has 0 fully saturated rings. The number of aliphatic hydroxyl groups excluding tert-OH is 2. The Balaban J connectivity index is 3.40. The van der Waals surface area contributed by atoms with Crippen LogP contribution in [0.3, 0.4) is 0 Å².